The maximum atomic E-state index is 11.9. The second kappa shape index (κ2) is 7.57. The van der Waals surface area contributed by atoms with Crippen LogP contribution in [0.1, 0.15) is 41.9 Å². The molecular weight excluding hydrogens is 300 g/mol. The van der Waals surface area contributed by atoms with Crippen LogP contribution in [0.15, 0.2) is 18.2 Å². The number of amides is 3. The fourth-order valence-electron chi connectivity index (χ4n) is 2.59. The van der Waals surface area contributed by atoms with Crippen LogP contribution in [0.2, 0.25) is 0 Å². The lowest BCUT2D eigenvalue weighted by Gasteiger charge is -2.33. The molecule has 1 aromatic rings. The monoisotopic (exact) mass is 320 g/mol. The smallest absolute Gasteiger partial charge is 0.407 e. The van der Waals surface area contributed by atoms with Crippen molar-refractivity contribution in [3.8, 4) is 0 Å². The molecule has 0 aliphatic carbocycles. The largest absolute Gasteiger partial charge is 0.465 e. The number of rotatable bonds is 3. The van der Waals surface area contributed by atoms with Crippen LogP contribution in [0.3, 0.4) is 0 Å². The average Bonchev–Trinajstić information content (AvgIpc) is 2.53. The van der Waals surface area contributed by atoms with E-state index in [1.165, 1.54) is 4.90 Å². The van der Waals surface area contributed by atoms with E-state index in [1.807, 2.05) is 0 Å². The number of aromatic nitrogens is 1. The van der Waals surface area contributed by atoms with Crippen LogP contribution in [-0.4, -0.2) is 45.5 Å². The number of aryl methyl sites for hydroxylation is 1. The molecule has 0 bridgehead atoms. The molecule has 1 aromatic heterocycles. The van der Waals surface area contributed by atoms with Gasteiger partial charge in [-0.05, 0) is 38.3 Å². The molecule has 8 heteroatoms. The van der Waals surface area contributed by atoms with E-state index in [-0.39, 0.29) is 18.2 Å². The minimum Gasteiger partial charge on any atom is -0.465 e. The van der Waals surface area contributed by atoms with Crippen LogP contribution in [0.5, 0.6) is 0 Å². The summed E-state index contributed by atoms with van der Waals surface area (Å²) in [5.74, 6) is -0.940. The van der Waals surface area contributed by atoms with Crippen molar-refractivity contribution in [1.82, 2.24) is 20.7 Å². The average molecular weight is 320 g/mol. The third-order valence-electron chi connectivity index (χ3n) is 3.73. The standard InChI is InChI=1S/C15H20N4O4/c1-10-5-4-7-12(16-10)14(21)18-17-13(20)9-11-6-2-3-8-19(11)15(22)23/h4-5,7,11H,2-3,6,8-9H2,1H3,(H,17,20)(H,18,21)(H,22,23). The number of hydrogen-bond acceptors (Lipinski definition) is 4. The summed E-state index contributed by atoms with van der Waals surface area (Å²) >= 11 is 0. The summed E-state index contributed by atoms with van der Waals surface area (Å²) in [6.45, 7) is 2.20. The first kappa shape index (κ1) is 16.7. The minimum absolute atomic E-state index is 0.0217. The van der Waals surface area contributed by atoms with Crippen molar-refractivity contribution in [3.05, 3.63) is 29.6 Å². The molecule has 1 unspecified atom stereocenters. The van der Waals surface area contributed by atoms with Gasteiger partial charge >= 0.3 is 6.09 Å². The Bertz CT molecular complexity index is 605. The van der Waals surface area contributed by atoms with Gasteiger partial charge in [-0.3, -0.25) is 20.4 Å². The third-order valence-corrected chi connectivity index (χ3v) is 3.73. The normalized spacial score (nSPS) is 17.4. The van der Waals surface area contributed by atoms with E-state index in [2.05, 4.69) is 15.8 Å². The van der Waals surface area contributed by atoms with Crippen molar-refractivity contribution in [3.63, 3.8) is 0 Å². The van der Waals surface area contributed by atoms with Gasteiger partial charge in [-0.15, -0.1) is 0 Å². The number of piperidine rings is 1. The Morgan fingerprint density at radius 1 is 1.30 bits per heavy atom. The number of carbonyl (C=O) groups is 3. The first-order valence-electron chi connectivity index (χ1n) is 7.50. The summed E-state index contributed by atoms with van der Waals surface area (Å²) in [6.07, 6.45) is 1.35. The number of pyridine rings is 1. The molecule has 3 amide bonds. The Morgan fingerprint density at radius 2 is 2.09 bits per heavy atom. The molecule has 0 aromatic carbocycles. The first-order chi connectivity index (χ1) is 11.0. The fourth-order valence-corrected chi connectivity index (χ4v) is 2.59. The zero-order chi connectivity index (χ0) is 16.8. The fraction of sp³-hybridized carbons (Fsp3) is 0.467. The number of nitrogens with one attached hydrogen (secondary N) is 2. The highest BCUT2D eigenvalue weighted by Crippen LogP contribution is 2.19. The summed E-state index contributed by atoms with van der Waals surface area (Å²) in [5, 5.41) is 9.13. The van der Waals surface area contributed by atoms with Gasteiger partial charge in [-0.1, -0.05) is 6.07 Å². The summed E-state index contributed by atoms with van der Waals surface area (Å²) in [4.78, 5) is 40.3. The van der Waals surface area contributed by atoms with Crippen molar-refractivity contribution < 1.29 is 19.5 Å². The Hall–Kier alpha value is -2.64. The molecule has 1 saturated heterocycles. The quantitative estimate of drug-likeness (QED) is 0.721. The lowest BCUT2D eigenvalue weighted by Crippen LogP contribution is -2.48. The van der Waals surface area contributed by atoms with Gasteiger partial charge in [0.05, 0.1) is 0 Å². The molecule has 0 radical (unpaired) electrons. The number of hydrogen-bond donors (Lipinski definition) is 3. The number of likely N-dealkylation sites (tertiary alicyclic amines) is 1. The molecule has 3 N–H and O–H groups in total. The summed E-state index contributed by atoms with van der Waals surface area (Å²) in [5.41, 5.74) is 5.50. The van der Waals surface area contributed by atoms with Crippen LogP contribution in [-0.2, 0) is 4.79 Å². The van der Waals surface area contributed by atoms with E-state index in [0.717, 1.165) is 12.8 Å². The van der Waals surface area contributed by atoms with E-state index in [1.54, 1.807) is 25.1 Å². The summed E-state index contributed by atoms with van der Waals surface area (Å²) in [7, 11) is 0. The highest BCUT2D eigenvalue weighted by molar-refractivity contribution is 5.93. The molecule has 2 rings (SSSR count). The van der Waals surface area contributed by atoms with Gasteiger partial charge in [-0.2, -0.15) is 0 Å². The lowest BCUT2D eigenvalue weighted by atomic mass is 10.00. The molecule has 1 aliphatic heterocycles. The van der Waals surface area contributed by atoms with Crippen LogP contribution in [0.25, 0.3) is 0 Å². The van der Waals surface area contributed by atoms with Crippen molar-refractivity contribution in [2.45, 2.75) is 38.6 Å². The van der Waals surface area contributed by atoms with Crippen LogP contribution < -0.4 is 10.9 Å². The topological polar surface area (TPSA) is 112 Å². The molecule has 0 saturated carbocycles. The van der Waals surface area contributed by atoms with E-state index >= 15 is 0 Å². The van der Waals surface area contributed by atoms with Gasteiger partial charge in [0.2, 0.25) is 5.91 Å². The predicted molar refractivity (Wildman–Crippen MR) is 81.6 cm³/mol. The van der Waals surface area contributed by atoms with Gasteiger partial charge in [0.25, 0.3) is 5.91 Å². The molecule has 124 valence electrons. The van der Waals surface area contributed by atoms with Gasteiger partial charge < -0.3 is 10.0 Å². The summed E-state index contributed by atoms with van der Waals surface area (Å²) in [6, 6.07) is 4.65. The third kappa shape index (κ3) is 4.67. The van der Waals surface area contributed by atoms with E-state index in [9.17, 15) is 14.4 Å². The second-order valence-corrected chi connectivity index (χ2v) is 5.50. The lowest BCUT2D eigenvalue weighted by molar-refractivity contribution is -0.123. The SMILES string of the molecule is Cc1cccc(C(=O)NNC(=O)CC2CCCCN2C(=O)O)n1. The molecule has 1 atom stereocenters. The molecule has 23 heavy (non-hydrogen) atoms. The Labute approximate surface area is 133 Å². The highest BCUT2D eigenvalue weighted by Gasteiger charge is 2.28. The number of carbonyl (C=O) groups excluding carboxylic acids is 2. The van der Waals surface area contributed by atoms with E-state index in [0.29, 0.717) is 18.7 Å². The zero-order valence-electron chi connectivity index (χ0n) is 12.9. The van der Waals surface area contributed by atoms with Gasteiger partial charge in [0, 0.05) is 24.7 Å². The van der Waals surface area contributed by atoms with Crippen molar-refractivity contribution in [2.75, 3.05) is 6.54 Å². The minimum atomic E-state index is -1.02. The van der Waals surface area contributed by atoms with Gasteiger partial charge in [-0.25, -0.2) is 9.78 Å². The molecule has 0 spiro atoms. The van der Waals surface area contributed by atoms with Crippen LogP contribution in [0.4, 0.5) is 4.79 Å². The molecular formula is C15H20N4O4. The zero-order valence-corrected chi connectivity index (χ0v) is 12.9. The first-order valence-corrected chi connectivity index (χ1v) is 7.50. The van der Waals surface area contributed by atoms with E-state index < -0.39 is 17.9 Å². The Kier molecular flexibility index (Phi) is 5.51. The molecule has 1 aliphatic rings. The number of nitrogens with zero attached hydrogens (tertiary/aromatic N) is 2. The number of hydrazine groups is 1. The number of carboxylic acid groups (broad SMARTS) is 1. The summed E-state index contributed by atoms with van der Waals surface area (Å²) < 4.78 is 0. The van der Waals surface area contributed by atoms with Crippen molar-refractivity contribution in [2.24, 2.45) is 0 Å². The Morgan fingerprint density at radius 3 is 2.78 bits per heavy atom. The Balaban J connectivity index is 1.84. The van der Waals surface area contributed by atoms with Crippen LogP contribution in [0, 0.1) is 6.92 Å². The van der Waals surface area contributed by atoms with E-state index in [4.69, 9.17) is 5.11 Å². The van der Waals surface area contributed by atoms with Crippen molar-refractivity contribution >= 4 is 17.9 Å². The molecule has 1 fully saturated rings. The van der Waals surface area contributed by atoms with Crippen LogP contribution >= 0.6 is 0 Å². The highest BCUT2D eigenvalue weighted by atomic mass is 16.4. The molecule has 8 nitrogen and oxygen atoms in total. The van der Waals surface area contributed by atoms with Crippen molar-refractivity contribution in [1.29, 1.82) is 0 Å². The van der Waals surface area contributed by atoms with Gasteiger partial charge in [0.15, 0.2) is 0 Å². The maximum Gasteiger partial charge on any atom is 0.407 e. The predicted octanol–water partition coefficient (Wildman–Crippen LogP) is 1.07. The molecule has 2 heterocycles. The second-order valence-electron chi connectivity index (χ2n) is 5.50. The maximum absolute atomic E-state index is 11.9. The van der Waals surface area contributed by atoms with Gasteiger partial charge in [0.1, 0.15) is 5.69 Å².